The van der Waals surface area contributed by atoms with Crippen LogP contribution >= 0.6 is 0 Å². The number of hydrogen-bond donors (Lipinski definition) is 0. The van der Waals surface area contributed by atoms with Crippen LogP contribution in [0.2, 0.25) is 0 Å². The lowest BCUT2D eigenvalue weighted by Crippen LogP contribution is -2.18. The van der Waals surface area contributed by atoms with Gasteiger partial charge in [-0.3, -0.25) is 0 Å². The van der Waals surface area contributed by atoms with Gasteiger partial charge in [-0.15, -0.1) is 13.2 Å². The second-order valence-corrected chi connectivity index (χ2v) is 4.32. The maximum atomic E-state index is 12.3. The summed E-state index contributed by atoms with van der Waals surface area (Å²) in [5.74, 6) is -0.339. The van der Waals surface area contributed by atoms with Gasteiger partial charge in [0.1, 0.15) is 18.6 Å². The van der Waals surface area contributed by atoms with E-state index in [-0.39, 0.29) is 17.9 Å². The molecule has 0 fully saturated rings. The standard InChI is InChI=1S/C16H10F3N2O2/c17-16(18,19)23-15-4-2-1-3-14(15)11-22-21-10-13-7-5-12(9-20)6-8-13/h1-8H,11H2. The van der Waals surface area contributed by atoms with Gasteiger partial charge in [0.25, 0.3) is 0 Å². The van der Waals surface area contributed by atoms with Crippen LogP contribution in [0.25, 0.3) is 0 Å². The van der Waals surface area contributed by atoms with E-state index in [1.165, 1.54) is 18.2 Å². The first-order valence-electron chi connectivity index (χ1n) is 6.40. The van der Waals surface area contributed by atoms with E-state index < -0.39 is 6.36 Å². The normalized spacial score (nSPS) is 11.2. The van der Waals surface area contributed by atoms with Crippen molar-refractivity contribution in [3.8, 4) is 11.8 Å². The quantitative estimate of drug-likeness (QED) is 0.621. The van der Waals surface area contributed by atoms with Gasteiger partial charge in [0.2, 0.25) is 0 Å². The number of alkyl halides is 3. The van der Waals surface area contributed by atoms with Gasteiger partial charge in [-0.2, -0.15) is 5.26 Å². The topological polar surface area (TPSA) is 54.6 Å². The van der Waals surface area contributed by atoms with Crippen molar-refractivity contribution in [2.75, 3.05) is 0 Å². The highest BCUT2D eigenvalue weighted by Crippen LogP contribution is 2.26. The van der Waals surface area contributed by atoms with Crippen LogP contribution in [0.4, 0.5) is 13.2 Å². The van der Waals surface area contributed by atoms with Crippen molar-refractivity contribution in [2.45, 2.75) is 13.0 Å². The molecule has 0 spiro atoms. The zero-order valence-corrected chi connectivity index (χ0v) is 11.7. The molecule has 0 amide bonds. The summed E-state index contributed by atoms with van der Waals surface area (Å²) in [6, 6.07) is 14.0. The maximum absolute atomic E-state index is 12.3. The number of rotatable bonds is 5. The largest absolute Gasteiger partial charge is 0.573 e. The van der Waals surface area contributed by atoms with Crippen LogP contribution in [0.15, 0.2) is 53.7 Å². The number of hydrogen-bond acceptors (Lipinski definition) is 4. The number of ether oxygens (including phenoxy) is 1. The number of halogens is 3. The lowest BCUT2D eigenvalue weighted by Gasteiger charge is -2.12. The highest BCUT2D eigenvalue weighted by atomic mass is 19.4. The van der Waals surface area contributed by atoms with Gasteiger partial charge < -0.3 is 9.57 Å². The smallest absolute Gasteiger partial charge is 0.405 e. The van der Waals surface area contributed by atoms with Crippen molar-refractivity contribution in [2.24, 2.45) is 5.16 Å². The predicted molar refractivity (Wildman–Crippen MR) is 75.6 cm³/mol. The molecule has 4 nitrogen and oxygen atoms in total. The third-order valence-corrected chi connectivity index (χ3v) is 2.67. The molecule has 2 rings (SSSR count). The fourth-order valence-corrected chi connectivity index (χ4v) is 1.65. The van der Waals surface area contributed by atoms with Crippen LogP contribution in [0, 0.1) is 11.3 Å². The van der Waals surface area contributed by atoms with Crippen LogP contribution in [-0.2, 0) is 11.4 Å². The number of nitrogens with zero attached hydrogens (tertiary/aromatic N) is 2. The van der Waals surface area contributed by atoms with Crippen LogP contribution in [0.3, 0.4) is 0 Å². The first-order valence-corrected chi connectivity index (χ1v) is 6.40. The Morgan fingerprint density at radius 1 is 1.00 bits per heavy atom. The Morgan fingerprint density at radius 3 is 2.30 bits per heavy atom. The molecule has 117 valence electrons. The van der Waals surface area contributed by atoms with Gasteiger partial charge >= 0.3 is 6.36 Å². The van der Waals surface area contributed by atoms with Crippen LogP contribution < -0.4 is 4.74 Å². The Labute approximate surface area is 130 Å². The van der Waals surface area contributed by atoms with E-state index >= 15 is 0 Å². The molecule has 0 saturated carbocycles. The molecule has 0 aliphatic carbocycles. The monoisotopic (exact) mass is 319 g/mol. The molecule has 1 radical (unpaired) electrons. The zero-order chi connectivity index (χ0) is 16.7. The average molecular weight is 319 g/mol. The third kappa shape index (κ3) is 5.36. The molecule has 2 aromatic carbocycles. The highest BCUT2D eigenvalue weighted by Gasteiger charge is 2.32. The van der Waals surface area contributed by atoms with Crippen LogP contribution in [0.5, 0.6) is 5.75 Å². The zero-order valence-electron chi connectivity index (χ0n) is 11.7. The molecule has 0 unspecified atom stereocenters. The molecule has 0 aromatic heterocycles. The fraction of sp³-hybridized carbons (Fsp3) is 0.125. The third-order valence-electron chi connectivity index (χ3n) is 2.67. The van der Waals surface area contributed by atoms with Crippen molar-refractivity contribution in [1.82, 2.24) is 0 Å². The minimum Gasteiger partial charge on any atom is -0.405 e. The van der Waals surface area contributed by atoms with E-state index in [1.807, 2.05) is 6.07 Å². The Morgan fingerprint density at radius 2 is 1.65 bits per heavy atom. The number of para-hydroxylation sites is 1. The molecule has 0 aliphatic rings. The number of nitriles is 1. The summed E-state index contributed by atoms with van der Waals surface area (Å²) in [6.45, 7) is -0.199. The lowest BCUT2D eigenvalue weighted by atomic mass is 10.2. The molecule has 0 saturated heterocycles. The van der Waals surface area contributed by atoms with Gasteiger partial charge in [0.05, 0.1) is 11.6 Å². The predicted octanol–water partition coefficient (Wildman–Crippen LogP) is 3.88. The molecular formula is C16H10F3N2O2. The summed E-state index contributed by atoms with van der Waals surface area (Å²) in [4.78, 5) is 4.94. The molecule has 0 bridgehead atoms. The van der Waals surface area contributed by atoms with Gasteiger partial charge in [0, 0.05) is 11.1 Å². The maximum Gasteiger partial charge on any atom is 0.573 e. The van der Waals surface area contributed by atoms with Crippen molar-refractivity contribution in [1.29, 1.82) is 5.26 Å². The first kappa shape index (κ1) is 16.4. The second-order valence-electron chi connectivity index (χ2n) is 4.32. The van der Waals surface area contributed by atoms with E-state index in [0.29, 0.717) is 11.1 Å². The Hall–Kier alpha value is -3.01. The minimum absolute atomic E-state index is 0.199. The van der Waals surface area contributed by atoms with Crippen LogP contribution in [0.1, 0.15) is 16.7 Å². The molecule has 23 heavy (non-hydrogen) atoms. The average Bonchev–Trinajstić information content (AvgIpc) is 2.52. The van der Waals surface area contributed by atoms with E-state index in [4.69, 9.17) is 10.1 Å². The summed E-state index contributed by atoms with van der Waals surface area (Å²) in [5, 5.41) is 12.2. The molecule has 0 heterocycles. The van der Waals surface area contributed by atoms with Gasteiger partial charge in [-0.05, 0) is 18.2 Å². The Balaban J connectivity index is 1.96. The molecule has 0 atom stereocenters. The van der Waals surface area contributed by atoms with Crippen molar-refractivity contribution >= 4 is 6.21 Å². The van der Waals surface area contributed by atoms with E-state index in [0.717, 1.165) is 0 Å². The molecular weight excluding hydrogens is 309 g/mol. The van der Waals surface area contributed by atoms with E-state index in [2.05, 4.69) is 16.1 Å². The van der Waals surface area contributed by atoms with Gasteiger partial charge in [-0.1, -0.05) is 35.5 Å². The summed E-state index contributed by atoms with van der Waals surface area (Å²) < 4.78 is 40.7. The lowest BCUT2D eigenvalue weighted by molar-refractivity contribution is -0.275. The fourth-order valence-electron chi connectivity index (χ4n) is 1.65. The summed E-state index contributed by atoms with van der Waals surface area (Å²) in [7, 11) is 0. The van der Waals surface area contributed by atoms with Gasteiger partial charge in [0.15, 0.2) is 0 Å². The van der Waals surface area contributed by atoms with E-state index in [9.17, 15) is 13.2 Å². The Kier molecular flexibility index (Phi) is 5.20. The summed E-state index contributed by atoms with van der Waals surface area (Å²) >= 11 is 0. The summed E-state index contributed by atoms with van der Waals surface area (Å²) in [5.41, 5.74) is 1.27. The first-order chi connectivity index (χ1) is 11.0. The molecule has 0 aliphatic heterocycles. The van der Waals surface area contributed by atoms with Crippen LogP contribution in [-0.4, -0.2) is 12.6 Å². The Bertz CT molecular complexity index is 719. The number of benzene rings is 2. The van der Waals surface area contributed by atoms with Crippen molar-refractivity contribution in [3.63, 3.8) is 0 Å². The second kappa shape index (κ2) is 7.31. The van der Waals surface area contributed by atoms with Gasteiger partial charge in [-0.25, -0.2) is 0 Å². The van der Waals surface area contributed by atoms with Crippen molar-refractivity contribution in [3.05, 3.63) is 65.2 Å². The minimum atomic E-state index is -4.77. The van der Waals surface area contributed by atoms with E-state index in [1.54, 1.807) is 30.3 Å². The highest BCUT2D eigenvalue weighted by molar-refractivity contribution is 5.79. The molecule has 0 N–H and O–H groups in total. The SMILES string of the molecule is N#Cc1ccc(/[C]=N\OCc2ccccc2OC(F)(F)F)cc1. The molecule has 7 heteroatoms. The molecule has 2 aromatic rings. The van der Waals surface area contributed by atoms with Crippen molar-refractivity contribution < 1.29 is 22.7 Å². The summed E-state index contributed by atoms with van der Waals surface area (Å²) in [6.07, 6.45) is -2.21.